The molecule has 158 valence electrons. The second kappa shape index (κ2) is 7.22. The molecule has 3 aromatic rings. The topological polar surface area (TPSA) is 120 Å². The van der Waals surface area contributed by atoms with Crippen molar-refractivity contribution in [2.24, 2.45) is 5.92 Å². The second-order valence-corrected chi connectivity index (χ2v) is 9.93. The predicted molar refractivity (Wildman–Crippen MR) is 112 cm³/mol. The fraction of sp³-hybridized carbons (Fsp3) is 0.400. The monoisotopic (exact) mass is 429 g/mol. The van der Waals surface area contributed by atoms with Crippen LogP contribution >= 0.6 is 0 Å². The van der Waals surface area contributed by atoms with Crippen LogP contribution in [0.3, 0.4) is 0 Å². The molecule has 1 aliphatic carbocycles. The van der Waals surface area contributed by atoms with Crippen LogP contribution in [0.1, 0.15) is 19.3 Å². The summed E-state index contributed by atoms with van der Waals surface area (Å²) in [7, 11) is -3.63. The first kappa shape index (κ1) is 19.3. The van der Waals surface area contributed by atoms with Crippen molar-refractivity contribution in [1.82, 2.24) is 19.1 Å². The molecule has 0 radical (unpaired) electrons. The lowest BCUT2D eigenvalue weighted by Gasteiger charge is -2.16. The van der Waals surface area contributed by atoms with Crippen molar-refractivity contribution >= 4 is 32.4 Å². The molecule has 1 atom stereocenters. The van der Waals surface area contributed by atoms with Gasteiger partial charge in [-0.05, 0) is 55.5 Å². The highest BCUT2D eigenvalue weighted by atomic mass is 32.2. The van der Waals surface area contributed by atoms with Crippen molar-refractivity contribution < 1.29 is 13.5 Å². The number of aliphatic hydroxyl groups excluding tert-OH is 1. The summed E-state index contributed by atoms with van der Waals surface area (Å²) >= 11 is 0. The molecule has 1 saturated heterocycles. The molecule has 5 rings (SSSR count). The number of aromatic amines is 1. The van der Waals surface area contributed by atoms with Crippen molar-refractivity contribution in [3.05, 3.63) is 46.9 Å². The van der Waals surface area contributed by atoms with Crippen molar-refractivity contribution in [3.63, 3.8) is 0 Å². The van der Waals surface area contributed by atoms with E-state index in [1.807, 2.05) is 10.7 Å². The average Bonchev–Trinajstić information content (AvgIpc) is 3.32. The van der Waals surface area contributed by atoms with Crippen molar-refractivity contribution in [2.75, 3.05) is 18.4 Å². The Bertz CT molecular complexity index is 1240. The van der Waals surface area contributed by atoms with Gasteiger partial charge >= 0.3 is 0 Å². The number of β-amino-alcohol motifs (C(OH)–C–C–N with tert-alkyl or cyclic N) is 1. The van der Waals surface area contributed by atoms with Crippen LogP contribution in [0.2, 0.25) is 0 Å². The van der Waals surface area contributed by atoms with Gasteiger partial charge in [-0.2, -0.15) is 9.40 Å². The summed E-state index contributed by atoms with van der Waals surface area (Å²) < 4.78 is 28.6. The largest absolute Gasteiger partial charge is 0.392 e. The standard InChI is InChI=1S/C20H23N5O4S/c26-15-8-10-24(12-15)30(28,29)16-5-3-14(4-6-16)22-19-18-17(7-9-21-20(18)27)25(23-19)11-13-1-2-13/h3-7,9,13,15,26H,1-2,8,10-12H2,(H,21,27)(H,22,23)/t15-/m0/s1. The van der Waals surface area contributed by atoms with Crippen molar-refractivity contribution in [3.8, 4) is 0 Å². The average molecular weight is 430 g/mol. The molecule has 2 fully saturated rings. The van der Waals surface area contributed by atoms with Gasteiger partial charge in [0.25, 0.3) is 5.56 Å². The summed E-state index contributed by atoms with van der Waals surface area (Å²) in [6.07, 6.45) is 3.81. The minimum Gasteiger partial charge on any atom is -0.392 e. The van der Waals surface area contributed by atoms with E-state index in [1.165, 1.54) is 29.3 Å². The predicted octanol–water partition coefficient (Wildman–Crippen LogP) is 1.63. The number of hydrogen-bond acceptors (Lipinski definition) is 6. The first-order valence-corrected chi connectivity index (χ1v) is 11.5. The zero-order valence-electron chi connectivity index (χ0n) is 16.3. The third-order valence-electron chi connectivity index (χ3n) is 5.68. The molecule has 0 amide bonds. The highest BCUT2D eigenvalue weighted by molar-refractivity contribution is 7.89. The summed E-state index contributed by atoms with van der Waals surface area (Å²) in [5, 5.41) is 17.9. The van der Waals surface area contributed by atoms with E-state index < -0.39 is 16.1 Å². The number of nitrogens with zero attached hydrogens (tertiary/aromatic N) is 3. The van der Waals surface area contributed by atoms with Crippen LogP contribution in [0, 0.1) is 5.92 Å². The number of sulfonamides is 1. The molecular formula is C20H23N5O4S. The number of H-pyrrole nitrogens is 1. The molecule has 9 nitrogen and oxygen atoms in total. The Labute approximate surface area is 173 Å². The number of rotatable bonds is 6. The molecule has 10 heteroatoms. The molecule has 3 N–H and O–H groups in total. The van der Waals surface area contributed by atoms with Crippen LogP contribution in [0.15, 0.2) is 46.2 Å². The van der Waals surface area contributed by atoms with E-state index in [0.29, 0.717) is 35.8 Å². The number of benzene rings is 1. The second-order valence-electron chi connectivity index (χ2n) is 8.00. The van der Waals surface area contributed by atoms with Crippen LogP contribution in [-0.4, -0.2) is 51.8 Å². The van der Waals surface area contributed by atoms with Crippen LogP contribution in [0.5, 0.6) is 0 Å². The Morgan fingerprint density at radius 3 is 2.60 bits per heavy atom. The number of aromatic nitrogens is 3. The molecule has 0 spiro atoms. The third-order valence-corrected chi connectivity index (χ3v) is 7.56. The highest BCUT2D eigenvalue weighted by Gasteiger charge is 2.31. The van der Waals surface area contributed by atoms with Gasteiger partial charge in [-0.15, -0.1) is 0 Å². The molecule has 3 heterocycles. The lowest BCUT2D eigenvalue weighted by molar-refractivity contribution is 0.189. The zero-order valence-corrected chi connectivity index (χ0v) is 17.1. The summed E-state index contributed by atoms with van der Waals surface area (Å²) in [5.74, 6) is 1.06. The SMILES string of the molecule is O=c1[nH]ccc2c1c(Nc1ccc(S(=O)(=O)N3CC[C@H](O)C3)cc1)nn2CC1CC1. The molecule has 2 aromatic heterocycles. The fourth-order valence-corrected chi connectivity index (χ4v) is 5.33. The minimum absolute atomic E-state index is 0.121. The number of anilines is 2. The van der Waals surface area contributed by atoms with Gasteiger partial charge in [-0.25, -0.2) is 8.42 Å². The molecule has 0 unspecified atom stereocenters. The molecular weight excluding hydrogens is 406 g/mol. The summed E-state index contributed by atoms with van der Waals surface area (Å²) in [6.45, 7) is 1.22. The Kier molecular flexibility index (Phi) is 4.64. The first-order chi connectivity index (χ1) is 14.4. The van der Waals surface area contributed by atoms with Gasteiger partial charge in [0.2, 0.25) is 10.0 Å². The van der Waals surface area contributed by atoms with Gasteiger partial charge < -0.3 is 15.4 Å². The first-order valence-electron chi connectivity index (χ1n) is 10.1. The van der Waals surface area contributed by atoms with Crippen LogP contribution in [-0.2, 0) is 16.6 Å². The molecule has 1 saturated carbocycles. The van der Waals surface area contributed by atoms with Gasteiger partial charge in [-0.3, -0.25) is 9.48 Å². The quantitative estimate of drug-likeness (QED) is 0.548. The maximum Gasteiger partial charge on any atom is 0.261 e. The number of fused-ring (bicyclic) bond motifs is 1. The third kappa shape index (κ3) is 3.51. The van der Waals surface area contributed by atoms with E-state index in [-0.39, 0.29) is 17.0 Å². The van der Waals surface area contributed by atoms with Gasteiger partial charge in [0.15, 0.2) is 5.82 Å². The molecule has 0 bridgehead atoms. The number of nitrogens with one attached hydrogen (secondary N) is 2. The molecule has 30 heavy (non-hydrogen) atoms. The van der Waals surface area contributed by atoms with Gasteiger partial charge in [0.05, 0.1) is 16.5 Å². The molecule has 2 aliphatic rings. The Hall–Kier alpha value is -2.69. The summed E-state index contributed by atoms with van der Waals surface area (Å²) in [4.78, 5) is 15.3. The van der Waals surface area contributed by atoms with E-state index in [0.717, 1.165) is 12.1 Å². The fourth-order valence-electron chi connectivity index (χ4n) is 3.83. The Balaban J connectivity index is 1.42. The molecule has 1 aromatic carbocycles. The van der Waals surface area contributed by atoms with E-state index in [4.69, 9.17) is 0 Å². The van der Waals surface area contributed by atoms with Gasteiger partial charge in [0.1, 0.15) is 5.39 Å². The lowest BCUT2D eigenvalue weighted by atomic mass is 10.3. The van der Waals surface area contributed by atoms with E-state index in [9.17, 15) is 18.3 Å². The van der Waals surface area contributed by atoms with E-state index in [2.05, 4.69) is 15.4 Å². The Morgan fingerprint density at radius 2 is 1.93 bits per heavy atom. The Morgan fingerprint density at radius 1 is 1.17 bits per heavy atom. The normalized spacial score (nSPS) is 20.1. The van der Waals surface area contributed by atoms with Crippen molar-refractivity contribution in [2.45, 2.75) is 36.8 Å². The molecule has 1 aliphatic heterocycles. The van der Waals surface area contributed by atoms with Crippen LogP contribution in [0.4, 0.5) is 11.5 Å². The zero-order chi connectivity index (χ0) is 20.9. The maximum absolute atomic E-state index is 12.7. The van der Waals surface area contributed by atoms with E-state index in [1.54, 1.807) is 18.3 Å². The lowest BCUT2D eigenvalue weighted by Crippen LogP contribution is -2.29. The number of pyridine rings is 1. The number of hydrogen-bond donors (Lipinski definition) is 3. The van der Waals surface area contributed by atoms with Gasteiger partial charge in [-0.1, -0.05) is 0 Å². The summed E-state index contributed by atoms with van der Waals surface area (Å²) in [6, 6.07) is 8.20. The van der Waals surface area contributed by atoms with Crippen LogP contribution < -0.4 is 10.9 Å². The van der Waals surface area contributed by atoms with Crippen LogP contribution in [0.25, 0.3) is 10.9 Å². The highest BCUT2D eigenvalue weighted by Crippen LogP contribution is 2.33. The number of aliphatic hydroxyl groups is 1. The summed E-state index contributed by atoms with van der Waals surface area (Å²) in [5.41, 5.74) is 1.19. The smallest absolute Gasteiger partial charge is 0.261 e. The maximum atomic E-state index is 12.7. The van der Waals surface area contributed by atoms with Crippen molar-refractivity contribution in [1.29, 1.82) is 0 Å². The minimum atomic E-state index is -3.63. The van der Waals surface area contributed by atoms with E-state index >= 15 is 0 Å². The van der Waals surface area contributed by atoms with Gasteiger partial charge in [0, 0.05) is 31.5 Å².